The lowest BCUT2D eigenvalue weighted by atomic mass is 10.0. The van der Waals surface area contributed by atoms with Gasteiger partial charge in [0, 0.05) is 12.8 Å². The molecular weight excluding hydrogens is 1100 g/mol. The Balaban J connectivity index is 5.10. The molecule has 0 saturated heterocycles. The molecule has 0 fully saturated rings. The number of hydrogen-bond acceptors (Lipinski definition) is 7. The molecule has 0 heterocycles. The molecule has 0 spiro atoms. The summed E-state index contributed by atoms with van der Waals surface area (Å²) in [4.78, 5) is 40.2. The Morgan fingerprint density at radius 3 is 1.13 bits per heavy atom. The van der Waals surface area contributed by atoms with E-state index in [0.717, 1.165) is 148 Å². The maximum atomic E-state index is 13.6. The van der Waals surface area contributed by atoms with E-state index in [1.54, 1.807) is 0 Å². The van der Waals surface area contributed by atoms with Crippen LogP contribution in [0.5, 0.6) is 0 Å². The molecule has 0 bridgehead atoms. The number of carbonyl (C=O) groups is 2. The number of hydrogen-bond donors (Lipinski definition) is 1. The first-order valence-electron chi connectivity index (χ1n) is 35.5. The fourth-order valence-corrected chi connectivity index (χ4v) is 10.3. The summed E-state index contributed by atoms with van der Waals surface area (Å²) in [6.45, 7) is 6.68. The van der Waals surface area contributed by atoms with Crippen LogP contribution in [0, 0.1) is 0 Å². The highest BCUT2D eigenvalue weighted by molar-refractivity contribution is 7.45. The third-order valence-electron chi connectivity index (χ3n) is 15.1. The number of allylic oxidation sites excluding steroid dienone is 21. The second kappa shape index (κ2) is 65.1. The first kappa shape index (κ1) is 83.2. The molecular formula is C77H133N2O7P. The van der Waals surface area contributed by atoms with Crippen LogP contribution in [0.1, 0.15) is 290 Å². The number of esters is 1. The molecule has 0 rings (SSSR count). The Bertz CT molecular complexity index is 1950. The fourth-order valence-electron chi connectivity index (χ4n) is 9.63. The molecule has 0 radical (unpaired) electrons. The molecule has 0 saturated carbocycles. The molecule has 9 nitrogen and oxygen atoms in total. The second-order valence-corrected chi connectivity index (χ2v) is 26.1. The summed E-state index contributed by atoms with van der Waals surface area (Å²) in [6.07, 6.45) is 92.8. The molecule has 0 aromatic heterocycles. The minimum Gasteiger partial charge on any atom is -0.756 e. The number of amides is 1. The molecule has 0 aliphatic carbocycles. The van der Waals surface area contributed by atoms with E-state index >= 15 is 0 Å². The van der Waals surface area contributed by atoms with Crippen molar-refractivity contribution in [1.29, 1.82) is 0 Å². The van der Waals surface area contributed by atoms with Crippen molar-refractivity contribution in [3.63, 3.8) is 0 Å². The van der Waals surface area contributed by atoms with E-state index in [1.165, 1.54) is 103 Å². The maximum absolute atomic E-state index is 13.6. The highest BCUT2D eigenvalue weighted by Crippen LogP contribution is 2.38. The van der Waals surface area contributed by atoms with Crippen molar-refractivity contribution in [1.82, 2.24) is 5.32 Å². The number of unbranched alkanes of at least 4 members (excludes halogenated alkanes) is 27. The third-order valence-corrected chi connectivity index (χ3v) is 16.0. The Labute approximate surface area is 536 Å². The van der Waals surface area contributed by atoms with Crippen molar-refractivity contribution in [2.75, 3.05) is 40.9 Å². The molecule has 498 valence electrons. The van der Waals surface area contributed by atoms with Gasteiger partial charge in [-0.2, -0.15) is 0 Å². The van der Waals surface area contributed by atoms with Gasteiger partial charge in [0.1, 0.15) is 19.3 Å². The van der Waals surface area contributed by atoms with E-state index < -0.39 is 26.6 Å². The molecule has 3 atom stereocenters. The Kier molecular flexibility index (Phi) is 62.2. The summed E-state index contributed by atoms with van der Waals surface area (Å²) >= 11 is 0. The van der Waals surface area contributed by atoms with Crippen molar-refractivity contribution >= 4 is 19.7 Å². The predicted octanol–water partition coefficient (Wildman–Crippen LogP) is 22.2. The van der Waals surface area contributed by atoms with Crippen LogP contribution in [-0.4, -0.2) is 69.4 Å². The smallest absolute Gasteiger partial charge is 0.306 e. The largest absolute Gasteiger partial charge is 0.756 e. The highest BCUT2D eigenvalue weighted by Gasteiger charge is 2.27. The molecule has 0 aromatic rings. The van der Waals surface area contributed by atoms with Crippen molar-refractivity contribution in [3.8, 4) is 0 Å². The van der Waals surface area contributed by atoms with Gasteiger partial charge in [0.2, 0.25) is 5.91 Å². The van der Waals surface area contributed by atoms with Gasteiger partial charge in [-0.1, -0.05) is 283 Å². The van der Waals surface area contributed by atoms with E-state index in [0.29, 0.717) is 23.9 Å². The number of nitrogens with one attached hydrogen (secondary N) is 1. The van der Waals surface area contributed by atoms with Crippen molar-refractivity contribution in [3.05, 3.63) is 134 Å². The van der Waals surface area contributed by atoms with Crippen LogP contribution in [0.2, 0.25) is 0 Å². The lowest BCUT2D eigenvalue weighted by molar-refractivity contribution is -0.870. The van der Waals surface area contributed by atoms with Crippen LogP contribution in [0.3, 0.4) is 0 Å². The van der Waals surface area contributed by atoms with Gasteiger partial charge >= 0.3 is 5.97 Å². The van der Waals surface area contributed by atoms with Crippen LogP contribution in [-0.2, 0) is 27.9 Å². The van der Waals surface area contributed by atoms with Crippen LogP contribution < -0.4 is 10.2 Å². The number of rotatable bonds is 63. The van der Waals surface area contributed by atoms with Gasteiger partial charge in [-0.05, 0) is 128 Å². The average molecular weight is 1230 g/mol. The molecule has 0 aliphatic rings. The lowest BCUT2D eigenvalue weighted by Gasteiger charge is -2.30. The average Bonchev–Trinajstić information content (AvgIpc) is 3.70. The fraction of sp³-hybridized carbons (Fsp3) is 0.688. The zero-order chi connectivity index (χ0) is 63.5. The Morgan fingerprint density at radius 2 is 0.736 bits per heavy atom. The van der Waals surface area contributed by atoms with Gasteiger partial charge in [0.15, 0.2) is 0 Å². The summed E-state index contributed by atoms with van der Waals surface area (Å²) in [5.74, 6) is -0.570. The number of phosphoric acid groups is 1. The van der Waals surface area contributed by atoms with Crippen molar-refractivity contribution < 1.29 is 37.3 Å². The van der Waals surface area contributed by atoms with Crippen LogP contribution in [0.4, 0.5) is 0 Å². The first-order chi connectivity index (χ1) is 42.4. The minimum absolute atomic E-state index is 0.0331. The van der Waals surface area contributed by atoms with Gasteiger partial charge < -0.3 is 28.5 Å². The molecule has 1 N–H and O–H groups in total. The molecule has 0 aliphatic heterocycles. The maximum Gasteiger partial charge on any atom is 0.306 e. The molecule has 1 amide bonds. The normalized spacial score (nSPS) is 14.3. The molecule has 0 aromatic carbocycles. The molecule has 3 unspecified atom stereocenters. The van der Waals surface area contributed by atoms with Gasteiger partial charge in [-0.3, -0.25) is 14.2 Å². The number of likely N-dealkylation sites (N-methyl/N-ethyl adjacent to an activating group) is 1. The van der Waals surface area contributed by atoms with Crippen LogP contribution in [0.25, 0.3) is 0 Å². The van der Waals surface area contributed by atoms with E-state index in [9.17, 15) is 19.0 Å². The number of carbonyl (C=O) groups excluding carboxylic acids is 2. The zero-order valence-corrected chi connectivity index (χ0v) is 57.8. The summed E-state index contributed by atoms with van der Waals surface area (Å²) in [6, 6.07) is -0.909. The van der Waals surface area contributed by atoms with Gasteiger partial charge in [0.05, 0.1) is 33.8 Å². The number of nitrogens with zero attached hydrogens (tertiary/aromatic N) is 1. The molecule has 87 heavy (non-hydrogen) atoms. The summed E-state index contributed by atoms with van der Waals surface area (Å²) in [5.41, 5.74) is 0. The third kappa shape index (κ3) is 66.4. The Morgan fingerprint density at radius 1 is 0.414 bits per heavy atom. The molecule has 10 heteroatoms. The standard InChI is InChI=1S/C77H133N2O7P/c1-7-10-13-16-19-22-25-27-29-31-33-35-37-39-41-43-45-47-49-51-54-57-60-63-66-69-76(80)78-74(73-85-87(82,83)84-72-71-79(4,5)6)75(68-65-62-59-56-53-24-21-18-15-12-9-3)86-77(81)70-67-64-61-58-55-52-50-48-46-44-42-40-38-36-34-32-30-28-26-23-20-17-14-11-8-2/h11,14,19-20,22-23,27-30,33-36,39-42,46,48,65,68,74-75H,7-10,12-13,15-18,21,24-26,31-32,37-38,43-45,47,49-64,66-67,69-73H2,1-6H3,(H-,78,80,82,83)/b14-11-,22-19-,23-20-,29-27-,30-28-,35-33-,36-34-,41-39-,42-40-,48-46-,68-65+. The minimum atomic E-state index is -4.72. The van der Waals surface area contributed by atoms with Crippen LogP contribution in [0.15, 0.2) is 134 Å². The zero-order valence-electron chi connectivity index (χ0n) is 56.9. The number of phosphoric ester groups is 1. The van der Waals surface area contributed by atoms with Gasteiger partial charge in [0.25, 0.3) is 7.82 Å². The topological polar surface area (TPSA) is 114 Å². The number of ether oxygens (including phenoxy) is 1. The van der Waals surface area contributed by atoms with Gasteiger partial charge in [-0.25, -0.2) is 0 Å². The lowest BCUT2D eigenvalue weighted by Crippen LogP contribution is -2.47. The predicted molar refractivity (Wildman–Crippen MR) is 376 cm³/mol. The monoisotopic (exact) mass is 1230 g/mol. The Hall–Kier alpha value is -3.85. The summed E-state index contributed by atoms with van der Waals surface area (Å²) in [5, 5.41) is 3.03. The number of quaternary nitrogens is 1. The first-order valence-corrected chi connectivity index (χ1v) is 37.0. The van der Waals surface area contributed by atoms with Crippen molar-refractivity contribution in [2.24, 2.45) is 0 Å². The van der Waals surface area contributed by atoms with E-state index in [2.05, 4.69) is 148 Å². The second-order valence-electron chi connectivity index (χ2n) is 24.6. The van der Waals surface area contributed by atoms with Gasteiger partial charge in [-0.15, -0.1) is 0 Å². The summed E-state index contributed by atoms with van der Waals surface area (Å²) in [7, 11) is 1.16. The summed E-state index contributed by atoms with van der Waals surface area (Å²) < 4.78 is 30.4. The van der Waals surface area contributed by atoms with Crippen LogP contribution >= 0.6 is 7.82 Å². The quantitative estimate of drug-likeness (QED) is 0.0212. The van der Waals surface area contributed by atoms with E-state index in [1.807, 2.05) is 33.3 Å². The van der Waals surface area contributed by atoms with E-state index in [-0.39, 0.29) is 24.9 Å². The SMILES string of the molecule is CC/C=C\C/C=C\C/C=C\C/C=C\C/C=C\C/C=C\CCCCCCCCC(=O)OC(/C=C/CCCCCCCCCCC)C(COP(=O)([O-])OCC[N+](C)(C)C)NC(=O)CCCCCCCCCCC/C=C\C/C=C\C/C=C\C/C=C\CCCCC. The highest BCUT2D eigenvalue weighted by atomic mass is 31.2. The van der Waals surface area contributed by atoms with Crippen molar-refractivity contribution in [2.45, 2.75) is 303 Å². The van der Waals surface area contributed by atoms with E-state index in [4.69, 9.17) is 13.8 Å².